The smallest absolute Gasteiger partial charge is 0.225 e. The molecule has 0 radical (unpaired) electrons. The lowest BCUT2D eigenvalue weighted by atomic mass is 10.0. The molecule has 28 heavy (non-hydrogen) atoms. The third-order valence-electron chi connectivity index (χ3n) is 4.65. The molecule has 3 rings (SSSR count). The molecule has 148 valence electrons. The fraction of sp³-hybridized carbons (Fsp3) is 0.364. The Morgan fingerprint density at radius 1 is 1.29 bits per heavy atom. The van der Waals surface area contributed by atoms with Gasteiger partial charge < -0.3 is 14.5 Å². The molecule has 2 aromatic carbocycles. The van der Waals surface area contributed by atoms with E-state index >= 15 is 0 Å². The Bertz CT molecular complexity index is 849. The van der Waals surface area contributed by atoms with Crippen molar-refractivity contribution in [1.82, 2.24) is 4.90 Å². The van der Waals surface area contributed by atoms with Crippen molar-refractivity contribution in [3.8, 4) is 5.75 Å². The van der Waals surface area contributed by atoms with Gasteiger partial charge in [-0.05, 0) is 47.5 Å². The summed E-state index contributed by atoms with van der Waals surface area (Å²) < 4.78 is 5.19. The average Bonchev–Trinajstić information content (AvgIpc) is 3.15. The van der Waals surface area contributed by atoms with Crippen LogP contribution in [-0.2, 0) is 16.2 Å². The number of hydrogen-bond donors (Lipinski definition) is 0. The van der Waals surface area contributed by atoms with E-state index in [1.54, 1.807) is 7.11 Å². The standard InChI is InChI=1S/C22H25ClN2O3/c1-15(2)22(26)25(13-16-5-4-6-18(23)11-16)14-20-12-21(24-28-20)17-7-9-19(27-3)10-8-17/h4-11,15,20H,12-14H2,1-3H3/t20-/m0/s1. The van der Waals surface area contributed by atoms with Crippen LogP contribution in [0.15, 0.2) is 53.7 Å². The lowest BCUT2D eigenvalue weighted by Crippen LogP contribution is -2.39. The zero-order valence-corrected chi connectivity index (χ0v) is 17.1. The summed E-state index contributed by atoms with van der Waals surface area (Å²) in [6.45, 7) is 4.78. The molecule has 0 spiro atoms. The SMILES string of the molecule is COc1ccc(C2=NO[C@H](CN(Cc3cccc(Cl)c3)C(=O)C(C)C)C2)cc1. The van der Waals surface area contributed by atoms with E-state index in [1.165, 1.54) is 0 Å². The van der Waals surface area contributed by atoms with E-state index in [1.807, 2.05) is 67.3 Å². The molecule has 6 heteroatoms. The monoisotopic (exact) mass is 400 g/mol. The first kappa shape index (κ1) is 20.2. The molecule has 0 fully saturated rings. The molecular formula is C22H25ClN2O3. The predicted molar refractivity (Wildman–Crippen MR) is 111 cm³/mol. The van der Waals surface area contributed by atoms with Crippen molar-refractivity contribution in [3.05, 3.63) is 64.7 Å². The number of carbonyl (C=O) groups is 1. The molecule has 5 nitrogen and oxygen atoms in total. The Labute approximate surface area is 170 Å². The molecule has 0 aromatic heterocycles. The van der Waals surface area contributed by atoms with E-state index < -0.39 is 0 Å². The molecule has 0 N–H and O–H groups in total. The maximum absolute atomic E-state index is 12.7. The fourth-order valence-electron chi connectivity index (χ4n) is 3.18. The van der Waals surface area contributed by atoms with Gasteiger partial charge in [-0.25, -0.2) is 0 Å². The van der Waals surface area contributed by atoms with Gasteiger partial charge in [-0.2, -0.15) is 0 Å². The third kappa shape index (κ3) is 5.04. The molecule has 2 aromatic rings. The fourth-order valence-corrected chi connectivity index (χ4v) is 3.39. The highest BCUT2D eigenvalue weighted by Gasteiger charge is 2.27. The van der Waals surface area contributed by atoms with Gasteiger partial charge in [-0.15, -0.1) is 0 Å². The van der Waals surface area contributed by atoms with Crippen LogP contribution in [0, 0.1) is 5.92 Å². The van der Waals surface area contributed by atoms with Crippen LogP contribution in [0.5, 0.6) is 5.75 Å². The molecular weight excluding hydrogens is 376 g/mol. The Morgan fingerprint density at radius 2 is 2.04 bits per heavy atom. The van der Waals surface area contributed by atoms with Gasteiger partial charge in [0.15, 0.2) is 6.10 Å². The number of amides is 1. The number of rotatable bonds is 7. The van der Waals surface area contributed by atoms with E-state index in [9.17, 15) is 4.79 Å². The first-order valence-corrected chi connectivity index (χ1v) is 9.74. The van der Waals surface area contributed by atoms with E-state index in [4.69, 9.17) is 21.2 Å². The number of benzene rings is 2. The van der Waals surface area contributed by atoms with Crippen molar-refractivity contribution in [2.75, 3.05) is 13.7 Å². The van der Waals surface area contributed by atoms with Gasteiger partial charge in [0, 0.05) is 23.9 Å². The number of hydrogen-bond acceptors (Lipinski definition) is 4. The highest BCUT2D eigenvalue weighted by molar-refractivity contribution is 6.30. The number of ether oxygens (including phenoxy) is 1. The van der Waals surface area contributed by atoms with Crippen molar-refractivity contribution in [2.45, 2.75) is 32.9 Å². The van der Waals surface area contributed by atoms with Gasteiger partial charge in [0.1, 0.15) is 5.75 Å². The summed E-state index contributed by atoms with van der Waals surface area (Å²) in [6.07, 6.45) is 0.489. The summed E-state index contributed by atoms with van der Waals surface area (Å²) in [4.78, 5) is 20.2. The van der Waals surface area contributed by atoms with Crippen LogP contribution in [0.4, 0.5) is 0 Å². The lowest BCUT2D eigenvalue weighted by molar-refractivity contribution is -0.136. The maximum Gasteiger partial charge on any atom is 0.225 e. The zero-order chi connectivity index (χ0) is 20.1. The van der Waals surface area contributed by atoms with Crippen molar-refractivity contribution in [2.24, 2.45) is 11.1 Å². The second kappa shape index (κ2) is 9.11. The summed E-state index contributed by atoms with van der Waals surface area (Å²) in [5.74, 6) is 0.791. The van der Waals surface area contributed by atoms with Gasteiger partial charge in [0.25, 0.3) is 0 Å². The molecule has 1 aliphatic heterocycles. The second-order valence-corrected chi connectivity index (χ2v) is 7.64. The van der Waals surface area contributed by atoms with Crippen molar-refractivity contribution in [1.29, 1.82) is 0 Å². The second-order valence-electron chi connectivity index (χ2n) is 7.20. The third-order valence-corrected chi connectivity index (χ3v) is 4.88. The van der Waals surface area contributed by atoms with Gasteiger partial charge in [0.05, 0.1) is 19.4 Å². The van der Waals surface area contributed by atoms with Crippen LogP contribution < -0.4 is 4.74 Å². The lowest BCUT2D eigenvalue weighted by Gasteiger charge is -2.26. The summed E-state index contributed by atoms with van der Waals surface area (Å²) in [5, 5.41) is 4.90. The molecule has 0 saturated carbocycles. The van der Waals surface area contributed by atoms with Gasteiger partial charge in [-0.3, -0.25) is 4.79 Å². The average molecular weight is 401 g/mol. The molecule has 0 saturated heterocycles. The largest absolute Gasteiger partial charge is 0.497 e. The topological polar surface area (TPSA) is 51.1 Å². The minimum atomic E-state index is -0.168. The van der Waals surface area contributed by atoms with E-state index in [2.05, 4.69) is 5.16 Å². The van der Waals surface area contributed by atoms with Crippen molar-refractivity contribution < 1.29 is 14.4 Å². The van der Waals surface area contributed by atoms with Crippen LogP contribution in [0.25, 0.3) is 0 Å². The van der Waals surface area contributed by atoms with Crippen LogP contribution in [0.2, 0.25) is 5.02 Å². The molecule has 1 amide bonds. The Kier molecular flexibility index (Phi) is 6.57. The first-order chi connectivity index (χ1) is 13.5. The number of oxime groups is 1. The molecule has 0 bridgehead atoms. The number of methoxy groups -OCH3 is 1. The van der Waals surface area contributed by atoms with E-state index in [-0.39, 0.29) is 17.9 Å². The predicted octanol–water partition coefficient (Wildman–Crippen LogP) is 4.53. The van der Waals surface area contributed by atoms with Crippen molar-refractivity contribution >= 4 is 23.2 Å². The summed E-state index contributed by atoms with van der Waals surface area (Å²) in [6, 6.07) is 15.3. The van der Waals surface area contributed by atoms with Gasteiger partial charge in [0.2, 0.25) is 5.91 Å². The summed E-state index contributed by atoms with van der Waals surface area (Å²) in [7, 11) is 1.64. The highest BCUT2D eigenvalue weighted by atomic mass is 35.5. The molecule has 0 aliphatic carbocycles. The Balaban J connectivity index is 1.67. The van der Waals surface area contributed by atoms with Crippen LogP contribution in [-0.4, -0.2) is 36.3 Å². The Hall–Kier alpha value is -2.53. The maximum atomic E-state index is 12.7. The van der Waals surface area contributed by atoms with E-state index in [0.717, 1.165) is 22.6 Å². The van der Waals surface area contributed by atoms with Gasteiger partial charge >= 0.3 is 0 Å². The molecule has 1 aliphatic rings. The number of halogens is 1. The summed E-state index contributed by atoms with van der Waals surface area (Å²) >= 11 is 6.09. The molecule has 1 atom stereocenters. The Morgan fingerprint density at radius 3 is 2.68 bits per heavy atom. The van der Waals surface area contributed by atoms with Gasteiger partial charge in [-0.1, -0.05) is 42.7 Å². The van der Waals surface area contributed by atoms with Crippen LogP contribution >= 0.6 is 11.6 Å². The van der Waals surface area contributed by atoms with Crippen LogP contribution in [0.1, 0.15) is 31.4 Å². The summed E-state index contributed by atoms with van der Waals surface area (Å²) in [5.41, 5.74) is 2.88. The number of carbonyl (C=O) groups excluding carboxylic acids is 1. The van der Waals surface area contributed by atoms with E-state index in [0.29, 0.717) is 24.5 Å². The normalized spacial score (nSPS) is 15.9. The number of nitrogens with zero attached hydrogens (tertiary/aromatic N) is 2. The highest BCUT2D eigenvalue weighted by Crippen LogP contribution is 2.22. The van der Waals surface area contributed by atoms with Crippen molar-refractivity contribution in [3.63, 3.8) is 0 Å². The van der Waals surface area contributed by atoms with Crippen LogP contribution in [0.3, 0.4) is 0 Å². The first-order valence-electron chi connectivity index (χ1n) is 9.36. The molecule has 1 heterocycles. The zero-order valence-electron chi connectivity index (χ0n) is 16.4. The minimum Gasteiger partial charge on any atom is -0.497 e. The quantitative estimate of drug-likeness (QED) is 0.686. The molecule has 0 unspecified atom stereocenters. The minimum absolute atomic E-state index is 0.0847.